The van der Waals surface area contributed by atoms with Gasteiger partial charge < -0.3 is 9.30 Å². The van der Waals surface area contributed by atoms with E-state index >= 15 is 0 Å². The summed E-state index contributed by atoms with van der Waals surface area (Å²) in [5.74, 6) is -0.335. The van der Waals surface area contributed by atoms with E-state index in [0.29, 0.717) is 12.3 Å². The van der Waals surface area contributed by atoms with Gasteiger partial charge in [0.25, 0.3) is 0 Å². The van der Waals surface area contributed by atoms with Crippen LogP contribution in [0.5, 0.6) is 0 Å². The van der Waals surface area contributed by atoms with Crippen LogP contribution < -0.4 is 0 Å². The maximum absolute atomic E-state index is 11.8. The van der Waals surface area contributed by atoms with Crippen molar-refractivity contribution < 1.29 is 31.9 Å². The number of benzene rings is 1. The second kappa shape index (κ2) is 7.28. The van der Waals surface area contributed by atoms with Crippen LogP contribution in [0.2, 0.25) is 0 Å². The van der Waals surface area contributed by atoms with E-state index in [1.165, 1.54) is 6.20 Å². The van der Waals surface area contributed by atoms with Gasteiger partial charge in [-0.3, -0.25) is 0 Å². The zero-order valence-corrected chi connectivity index (χ0v) is 12.3. The Labute approximate surface area is 128 Å². The number of esters is 1. The normalized spacial score (nSPS) is 11.5. The number of carbonyl (C=O) groups excluding carboxylic acids is 1. The average molecular weight is 352 g/mol. The summed E-state index contributed by atoms with van der Waals surface area (Å²) in [6, 6.07) is 10.0. The van der Waals surface area contributed by atoms with Gasteiger partial charge in [0.2, 0.25) is 0 Å². The molecular formula is C14H16AgN2O2. The van der Waals surface area contributed by atoms with Gasteiger partial charge in [-0.25, -0.2) is 9.78 Å². The summed E-state index contributed by atoms with van der Waals surface area (Å²) in [4.78, 5) is 15.8. The van der Waals surface area contributed by atoms with Gasteiger partial charge >= 0.3 is 5.97 Å². The number of hydrogen-bond donors (Lipinski definition) is 0. The molecule has 1 aromatic carbocycles. The number of hydrogen-bond acceptors (Lipinski definition) is 3. The Hall–Kier alpha value is -1.36. The summed E-state index contributed by atoms with van der Waals surface area (Å²) in [7, 11) is 0. The van der Waals surface area contributed by atoms with Crippen molar-refractivity contribution >= 4 is 5.97 Å². The summed E-state index contributed by atoms with van der Waals surface area (Å²) < 4.78 is 6.84. The van der Waals surface area contributed by atoms with E-state index in [1.807, 2.05) is 41.8 Å². The maximum atomic E-state index is 11.8. The third-order valence-corrected chi connectivity index (χ3v) is 2.85. The van der Waals surface area contributed by atoms with Gasteiger partial charge in [-0.15, -0.1) is 0 Å². The van der Waals surface area contributed by atoms with E-state index in [0.717, 1.165) is 5.56 Å². The molecule has 0 N–H and O–H groups in total. The minimum Gasteiger partial charge on any atom is -0.461 e. The Kier molecular flexibility index (Phi) is 6.02. The molecule has 1 unspecified atom stereocenters. The van der Waals surface area contributed by atoms with Gasteiger partial charge in [0.1, 0.15) is 5.69 Å². The van der Waals surface area contributed by atoms with Crippen molar-refractivity contribution in [3.8, 4) is 0 Å². The molecule has 2 aromatic rings. The fraction of sp³-hybridized carbons (Fsp3) is 0.286. The zero-order valence-electron chi connectivity index (χ0n) is 10.8. The molecule has 0 bridgehead atoms. The average Bonchev–Trinajstić information content (AvgIpc) is 2.88. The fourth-order valence-corrected chi connectivity index (χ4v) is 1.87. The summed E-state index contributed by atoms with van der Waals surface area (Å²) in [5.41, 5.74) is 1.61. The second-order valence-electron chi connectivity index (χ2n) is 3.99. The largest absolute Gasteiger partial charge is 0.461 e. The van der Waals surface area contributed by atoms with Crippen LogP contribution in [0.4, 0.5) is 0 Å². The Bertz CT molecular complexity index is 525. The molecule has 0 spiro atoms. The number of rotatable bonds is 4. The van der Waals surface area contributed by atoms with Crippen LogP contribution in [0.3, 0.4) is 0 Å². The number of ether oxygens (including phenoxy) is 1. The Morgan fingerprint density at radius 2 is 2.05 bits per heavy atom. The van der Waals surface area contributed by atoms with E-state index in [9.17, 15) is 4.79 Å². The molecule has 0 aliphatic rings. The number of imidazole rings is 1. The smallest absolute Gasteiger partial charge is 0.356 e. The molecule has 0 saturated heterocycles. The van der Waals surface area contributed by atoms with Crippen molar-refractivity contribution in [2.75, 3.05) is 6.61 Å². The SMILES string of the molecule is CCOC(=O)c1cncn1C(C)c1ccccc1.[Ag]. The van der Waals surface area contributed by atoms with E-state index < -0.39 is 0 Å². The van der Waals surface area contributed by atoms with Gasteiger partial charge in [-0.05, 0) is 19.4 Å². The van der Waals surface area contributed by atoms with Crippen molar-refractivity contribution in [3.63, 3.8) is 0 Å². The van der Waals surface area contributed by atoms with E-state index in [4.69, 9.17) is 4.74 Å². The van der Waals surface area contributed by atoms with Crippen LogP contribution in [-0.4, -0.2) is 22.1 Å². The summed E-state index contributed by atoms with van der Waals surface area (Å²) >= 11 is 0. The van der Waals surface area contributed by atoms with Crippen LogP contribution in [0.15, 0.2) is 42.9 Å². The molecule has 0 amide bonds. The molecule has 0 aliphatic carbocycles. The first kappa shape index (κ1) is 15.7. The molecule has 19 heavy (non-hydrogen) atoms. The van der Waals surface area contributed by atoms with Crippen LogP contribution in [0, 0.1) is 0 Å². The van der Waals surface area contributed by atoms with Gasteiger partial charge in [-0.2, -0.15) is 0 Å². The minimum atomic E-state index is -0.335. The Morgan fingerprint density at radius 3 is 2.68 bits per heavy atom. The molecule has 1 radical (unpaired) electrons. The first-order chi connectivity index (χ1) is 8.74. The predicted molar refractivity (Wildman–Crippen MR) is 68.4 cm³/mol. The summed E-state index contributed by atoms with van der Waals surface area (Å²) in [6.45, 7) is 4.18. The first-order valence-electron chi connectivity index (χ1n) is 5.98. The van der Waals surface area contributed by atoms with Gasteiger partial charge in [0.15, 0.2) is 0 Å². The van der Waals surface area contributed by atoms with E-state index in [2.05, 4.69) is 4.98 Å². The molecule has 0 fully saturated rings. The second-order valence-corrected chi connectivity index (χ2v) is 3.99. The quantitative estimate of drug-likeness (QED) is 0.628. The number of carbonyl (C=O) groups is 1. The summed E-state index contributed by atoms with van der Waals surface area (Å²) in [5, 5.41) is 0. The molecule has 0 saturated carbocycles. The molecule has 1 atom stereocenters. The number of aromatic nitrogens is 2. The molecule has 105 valence electrons. The van der Waals surface area contributed by atoms with E-state index in [-0.39, 0.29) is 34.4 Å². The first-order valence-corrected chi connectivity index (χ1v) is 5.98. The molecule has 1 aromatic heterocycles. The van der Waals surface area contributed by atoms with Gasteiger partial charge in [-0.1, -0.05) is 30.3 Å². The minimum absolute atomic E-state index is 0. The topological polar surface area (TPSA) is 44.1 Å². The Morgan fingerprint density at radius 1 is 1.37 bits per heavy atom. The fourth-order valence-electron chi connectivity index (χ4n) is 1.87. The molecular weight excluding hydrogens is 336 g/mol. The Balaban J connectivity index is 0.00000180. The zero-order chi connectivity index (χ0) is 13.0. The van der Waals surface area contributed by atoms with Crippen LogP contribution in [-0.2, 0) is 27.1 Å². The number of nitrogens with zero attached hydrogens (tertiary/aromatic N) is 2. The maximum Gasteiger partial charge on any atom is 0.356 e. The molecule has 4 nitrogen and oxygen atoms in total. The van der Waals surface area contributed by atoms with Crippen LogP contribution >= 0.6 is 0 Å². The third kappa shape index (κ3) is 3.56. The standard InChI is InChI=1S/C14H16N2O2.Ag/c1-3-18-14(17)13-9-15-10-16(13)11(2)12-7-5-4-6-8-12;/h4-11H,3H2,1-2H3;. The molecule has 2 rings (SSSR count). The van der Waals surface area contributed by atoms with Crippen molar-refractivity contribution in [2.45, 2.75) is 19.9 Å². The van der Waals surface area contributed by atoms with Crippen LogP contribution in [0.25, 0.3) is 0 Å². The van der Waals surface area contributed by atoms with Crippen molar-refractivity contribution in [3.05, 3.63) is 54.1 Å². The summed E-state index contributed by atoms with van der Waals surface area (Å²) in [6.07, 6.45) is 3.20. The molecule has 5 heteroatoms. The molecule has 1 heterocycles. The predicted octanol–water partition coefficient (Wildman–Crippen LogP) is 2.67. The van der Waals surface area contributed by atoms with Crippen molar-refractivity contribution in [1.82, 2.24) is 9.55 Å². The van der Waals surface area contributed by atoms with E-state index in [1.54, 1.807) is 13.3 Å². The van der Waals surface area contributed by atoms with Gasteiger partial charge in [0, 0.05) is 22.4 Å². The van der Waals surface area contributed by atoms with Gasteiger partial charge in [0.05, 0.1) is 25.2 Å². The third-order valence-electron chi connectivity index (χ3n) is 2.85. The van der Waals surface area contributed by atoms with Crippen molar-refractivity contribution in [2.24, 2.45) is 0 Å². The van der Waals surface area contributed by atoms with Crippen LogP contribution in [0.1, 0.15) is 35.9 Å². The monoisotopic (exact) mass is 351 g/mol. The van der Waals surface area contributed by atoms with Crippen molar-refractivity contribution in [1.29, 1.82) is 0 Å². The molecule has 0 aliphatic heterocycles.